The zero-order valence-corrected chi connectivity index (χ0v) is 18.2. The molecule has 5 rings (SSSR count). The second-order valence-corrected chi connectivity index (χ2v) is 8.73. The molecule has 1 fully saturated rings. The number of piperazine rings is 1. The molecule has 5 nitrogen and oxygen atoms in total. The first kappa shape index (κ1) is 20.0. The zero-order valence-electron chi connectivity index (χ0n) is 17.5. The summed E-state index contributed by atoms with van der Waals surface area (Å²) in [7, 11) is 2.07. The number of carbonyl (C=O) groups excluding carboxylic acids is 1. The second kappa shape index (κ2) is 7.98. The molecule has 0 saturated carbocycles. The van der Waals surface area contributed by atoms with Gasteiger partial charge in [0.2, 0.25) is 0 Å². The third-order valence-electron chi connectivity index (χ3n) is 6.33. The van der Waals surface area contributed by atoms with E-state index in [-0.39, 0.29) is 11.5 Å². The molecule has 158 valence electrons. The number of rotatable bonds is 2. The first-order valence-electron chi connectivity index (χ1n) is 10.6. The number of aromatic nitrogens is 1. The zero-order chi connectivity index (χ0) is 21.5. The van der Waals surface area contributed by atoms with Crippen LogP contribution in [0.1, 0.15) is 15.9 Å². The largest absolute Gasteiger partial charge is 0.336 e. The molecule has 2 aliphatic rings. The summed E-state index contributed by atoms with van der Waals surface area (Å²) in [5.41, 5.74) is 4.58. The topological polar surface area (TPSA) is 45.6 Å². The summed E-state index contributed by atoms with van der Waals surface area (Å²) >= 11 is 6.32. The summed E-state index contributed by atoms with van der Waals surface area (Å²) in [4.78, 5) is 31.3. The SMILES string of the molecule is CN1CCN(C(=O)c2cc(-c3ccccc3)c(=O)n3c2-c2cc(Cl)ccc2CC3)CC1. The van der Waals surface area contributed by atoms with Crippen LogP contribution in [0.2, 0.25) is 5.02 Å². The van der Waals surface area contributed by atoms with Gasteiger partial charge in [0.1, 0.15) is 0 Å². The summed E-state index contributed by atoms with van der Waals surface area (Å²) < 4.78 is 1.77. The number of fused-ring (bicyclic) bond motifs is 3. The number of halogens is 1. The average molecular weight is 434 g/mol. The number of amides is 1. The van der Waals surface area contributed by atoms with E-state index in [9.17, 15) is 9.59 Å². The Kier molecular flexibility index (Phi) is 5.16. The lowest BCUT2D eigenvalue weighted by Gasteiger charge is -2.34. The van der Waals surface area contributed by atoms with Gasteiger partial charge in [0.05, 0.1) is 11.3 Å². The van der Waals surface area contributed by atoms with Gasteiger partial charge in [0.15, 0.2) is 0 Å². The fourth-order valence-corrected chi connectivity index (χ4v) is 4.73. The molecule has 0 spiro atoms. The Morgan fingerprint density at radius 1 is 0.903 bits per heavy atom. The molecule has 1 amide bonds. The number of hydrogen-bond acceptors (Lipinski definition) is 3. The van der Waals surface area contributed by atoms with Crippen molar-refractivity contribution in [3.05, 3.63) is 81.1 Å². The highest BCUT2D eigenvalue weighted by atomic mass is 35.5. The Labute approximate surface area is 186 Å². The van der Waals surface area contributed by atoms with Crippen LogP contribution in [-0.2, 0) is 13.0 Å². The van der Waals surface area contributed by atoms with E-state index >= 15 is 0 Å². The maximum absolute atomic E-state index is 13.7. The normalized spacial score (nSPS) is 16.0. The van der Waals surface area contributed by atoms with Crippen molar-refractivity contribution in [2.24, 2.45) is 0 Å². The molecule has 6 heteroatoms. The molecule has 0 bridgehead atoms. The molecule has 2 aliphatic heterocycles. The van der Waals surface area contributed by atoms with Crippen LogP contribution in [0.25, 0.3) is 22.4 Å². The van der Waals surface area contributed by atoms with Gasteiger partial charge in [-0.3, -0.25) is 9.59 Å². The summed E-state index contributed by atoms with van der Waals surface area (Å²) in [6.07, 6.45) is 0.736. The van der Waals surface area contributed by atoms with E-state index < -0.39 is 0 Å². The highest BCUT2D eigenvalue weighted by Crippen LogP contribution is 2.35. The van der Waals surface area contributed by atoms with Gasteiger partial charge in [0.25, 0.3) is 11.5 Å². The summed E-state index contributed by atoms with van der Waals surface area (Å²) in [5, 5.41) is 0.602. The number of benzene rings is 2. The Balaban J connectivity index is 1.73. The van der Waals surface area contributed by atoms with E-state index in [1.807, 2.05) is 53.4 Å². The highest BCUT2D eigenvalue weighted by molar-refractivity contribution is 6.31. The summed E-state index contributed by atoms with van der Waals surface area (Å²) in [5.74, 6) is -0.0261. The van der Waals surface area contributed by atoms with Crippen molar-refractivity contribution < 1.29 is 4.79 Å². The van der Waals surface area contributed by atoms with Gasteiger partial charge in [-0.1, -0.05) is 48.0 Å². The molecule has 31 heavy (non-hydrogen) atoms. The van der Waals surface area contributed by atoms with Crippen molar-refractivity contribution >= 4 is 17.5 Å². The number of carbonyl (C=O) groups is 1. The molecule has 0 aliphatic carbocycles. The molecule has 0 unspecified atom stereocenters. The van der Waals surface area contributed by atoms with Crippen molar-refractivity contribution in [2.75, 3.05) is 33.2 Å². The van der Waals surface area contributed by atoms with Crippen molar-refractivity contribution in [3.8, 4) is 22.4 Å². The third-order valence-corrected chi connectivity index (χ3v) is 6.56. The quantitative estimate of drug-likeness (QED) is 0.617. The lowest BCUT2D eigenvalue weighted by atomic mass is 9.92. The summed E-state index contributed by atoms with van der Waals surface area (Å²) in [6, 6.07) is 17.1. The van der Waals surface area contributed by atoms with Crippen molar-refractivity contribution in [2.45, 2.75) is 13.0 Å². The molecule has 1 aromatic heterocycles. The van der Waals surface area contributed by atoms with Crippen molar-refractivity contribution in [1.82, 2.24) is 14.4 Å². The maximum Gasteiger partial charge on any atom is 0.258 e. The Hall–Kier alpha value is -2.89. The van der Waals surface area contributed by atoms with Crippen LogP contribution in [0.3, 0.4) is 0 Å². The highest BCUT2D eigenvalue weighted by Gasteiger charge is 2.29. The third kappa shape index (κ3) is 3.58. The van der Waals surface area contributed by atoms with Gasteiger partial charge in [-0.25, -0.2) is 0 Å². The Bertz CT molecular complexity index is 1210. The Morgan fingerprint density at radius 3 is 2.39 bits per heavy atom. The van der Waals surface area contributed by atoms with E-state index in [0.717, 1.165) is 36.2 Å². The first-order valence-corrected chi connectivity index (χ1v) is 11.0. The fraction of sp³-hybridized carbons (Fsp3) is 0.280. The minimum Gasteiger partial charge on any atom is -0.336 e. The van der Waals surface area contributed by atoms with Gasteiger partial charge in [-0.2, -0.15) is 0 Å². The molecular formula is C25H24ClN3O2. The van der Waals surface area contributed by atoms with Gasteiger partial charge >= 0.3 is 0 Å². The van der Waals surface area contributed by atoms with Crippen LogP contribution < -0.4 is 5.56 Å². The fourth-order valence-electron chi connectivity index (χ4n) is 4.56. The minimum atomic E-state index is -0.0678. The van der Waals surface area contributed by atoms with Crippen molar-refractivity contribution in [3.63, 3.8) is 0 Å². The number of pyridine rings is 1. The van der Waals surface area contributed by atoms with Crippen LogP contribution in [0.5, 0.6) is 0 Å². The lowest BCUT2D eigenvalue weighted by Crippen LogP contribution is -2.47. The number of likely N-dealkylation sites (N-methyl/N-ethyl adjacent to an activating group) is 1. The monoisotopic (exact) mass is 433 g/mol. The molecule has 0 atom stereocenters. The smallest absolute Gasteiger partial charge is 0.258 e. The first-order chi connectivity index (χ1) is 15.0. The second-order valence-electron chi connectivity index (χ2n) is 8.29. The molecular weight excluding hydrogens is 410 g/mol. The van der Waals surface area contributed by atoms with E-state index in [1.54, 1.807) is 10.6 Å². The van der Waals surface area contributed by atoms with Crippen LogP contribution in [0.15, 0.2) is 59.4 Å². The average Bonchev–Trinajstić information content (AvgIpc) is 2.80. The molecule has 0 N–H and O–H groups in total. The minimum absolute atomic E-state index is 0.0261. The molecule has 3 aromatic rings. The number of nitrogens with zero attached hydrogens (tertiary/aromatic N) is 3. The maximum atomic E-state index is 13.7. The Morgan fingerprint density at radius 2 is 1.65 bits per heavy atom. The predicted octanol–water partition coefficient (Wildman–Crippen LogP) is 3.78. The number of aryl methyl sites for hydroxylation is 1. The van der Waals surface area contributed by atoms with E-state index in [4.69, 9.17) is 11.6 Å². The van der Waals surface area contributed by atoms with Crippen LogP contribution in [-0.4, -0.2) is 53.5 Å². The molecule has 0 radical (unpaired) electrons. The van der Waals surface area contributed by atoms with Crippen LogP contribution >= 0.6 is 11.6 Å². The van der Waals surface area contributed by atoms with E-state index in [1.165, 1.54) is 0 Å². The van der Waals surface area contributed by atoms with Crippen LogP contribution in [0.4, 0.5) is 0 Å². The lowest BCUT2D eigenvalue weighted by molar-refractivity contribution is 0.0664. The van der Waals surface area contributed by atoms with E-state index in [0.29, 0.717) is 41.5 Å². The van der Waals surface area contributed by atoms with Gasteiger partial charge in [-0.15, -0.1) is 0 Å². The van der Waals surface area contributed by atoms with E-state index in [2.05, 4.69) is 11.9 Å². The molecule has 2 aromatic carbocycles. The van der Waals surface area contributed by atoms with Crippen LogP contribution in [0, 0.1) is 0 Å². The van der Waals surface area contributed by atoms with Gasteiger partial charge in [0, 0.05) is 48.9 Å². The standard InChI is InChI=1S/C25H24ClN3O2/c1-27-11-13-28(14-12-27)24(30)22-16-21(17-5-3-2-4-6-17)25(31)29-10-9-18-7-8-19(26)15-20(18)23(22)29/h2-8,15-16H,9-14H2,1H3. The van der Waals surface area contributed by atoms with Gasteiger partial charge < -0.3 is 14.4 Å². The van der Waals surface area contributed by atoms with Crippen molar-refractivity contribution in [1.29, 1.82) is 0 Å². The van der Waals surface area contributed by atoms with Gasteiger partial charge in [-0.05, 0) is 42.8 Å². The molecule has 3 heterocycles. The predicted molar refractivity (Wildman–Crippen MR) is 124 cm³/mol. The number of hydrogen-bond donors (Lipinski definition) is 0. The summed E-state index contributed by atoms with van der Waals surface area (Å²) in [6.45, 7) is 3.59. The molecule has 1 saturated heterocycles.